The summed E-state index contributed by atoms with van der Waals surface area (Å²) in [6.07, 6.45) is 8.26. The number of nitrogens with zero attached hydrogens (tertiary/aromatic N) is 3. The third-order valence-electron chi connectivity index (χ3n) is 6.14. The highest BCUT2D eigenvalue weighted by Gasteiger charge is 2.20. The van der Waals surface area contributed by atoms with Crippen molar-refractivity contribution in [2.75, 3.05) is 43.1 Å². The van der Waals surface area contributed by atoms with Crippen molar-refractivity contribution in [3.8, 4) is 5.88 Å². The molecule has 2 aromatic rings. The fraction of sp³-hybridized carbons (Fsp3) is 0.565. The van der Waals surface area contributed by atoms with Gasteiger partial charge in [-0.05, 0) is 48.9 Å². The molecule has 1 aromatic carbocycles. The summed E-state index contributed by atoms with van der Waals surface area (Å²) < 4.78 is 11.4. The molecule has 1 saturated carbocycles. The summed E-state index contributed by atoms with van der Waals surface area (Å²) in [5.41, 5.74) is 2.19. The fourth-order valence-electron chi connectivity index (χ4n) is 4.20. The lowest BCUT2D eigenvalue weighted by Gasteiger charge is -2.28. The van der Waals surface area contributed by atoms with Crippen LogP contribution in [0.4, 0.5) is 17.3 Å². The SMILES string of the molecule is CC[C@H]1CC[C@H](COc2ccnc(Nc3ccc(N4CCOCC4)cc3)n2)CC1. The number of morpholine rings is 1. The number of benzene rings is 1. The second kappa shape index (κ2) is 9.92. The molecule has 0 unspecified atom stereocenters. The monoisotopic (exact) mass is 396 g/mol. The van der Waals surface area contributed by atoms with E-state index < -0.39 is 0 Å². The first-order chi connectivity index (χ1) is 14.3. The predicted molar refractivity (Wildman–Crippen MR) is 116 cm³/mol. The van der Waals surface area contributed by atoms with Crippen LogP contribution in [-0.4, -0.2) is 42.9 Å². The van der Waals surface area contributed by atoms with E-state index in [1.54, 1.807) is 6.20 Å². The molecule has 29 heavy (non-hydrogen) atoms. The normalized spacial score (nSPS) is 22.3. The molecule has 0 amide bonds. The van der Waals surface area contributed by atoms with Crippen LogP contribution in [0.5, 0.6) is 5.88 Å². The molecule has 2 fully saturated rings. The summed E-state index contributed by atoms with van der Waals surface area (Å²) in [5, 5.41) is 3.28. The summed E-state index contributed by atoms with van der Waals surface area (Å²) in [6, 6.07) is 10.2. The minimum atomic E-state index is 0.566. The second-order valence-electron chi connectivity index (χ2n) is 8.10. The summed E-state index contributed by atoms with van der Waals surface area (Å²) in [7, 11) is 0. The minimum absolute atomic E-state index is 0.566. The first-order valence-electron chi connectivity index (χ1n) is 11.0. The third-order valence-corrected chi connectivity index (χ3v) is 6.14. The summed E-state index contributed by atoms with van der Waals surface area (Å²) in [6.45, 7) is 6.51. The van der Waals surface area contributed by atoms with Crippen molar-refractivity contribution in [3.63, 3.8) is 0 Å². The van der Waals surface area contributed by atoms with Crippen LogP contribution in [0.2, 0.25) is 0 Å². The van der Waals surface area contributed by atoms with Crippen molar-refractivity contribution in [2.45, 2.75) is 39.0 Å². The van der Waals surface area contributed by atoms with Gasteiger partial charge in [0.05, 0.1) is 19.8 Å². The van der Waals surface area contributed by atoms with E-state index in [0.717, 1.165) is 44.5 Å². The maximum absolute atomic E-state index is 5.98. The van der Waals surface area contributed by atoms with Crippen LogP contribution in [0.1, 0.15) is 39.0 Å². The van der Waals surface area contributed by atoms with Gasteiger partial charge in [-0.3, -0.25) is 0 Å². The fourth-order valence-corrected chi connectivity index (χ4v) is 4.20. The van der Waals surface area contributed by atoms with E-state index in [0.29, 0.717) is 17.7 Å². The number of ether oxygens (including phenoxy) is 2. The van der Waals surface area contributed by atoms with Gasteiger partial charge in [0.15, 0.2) is 0 Å². The van der Waals surface area contributed by atoms with Gasteiger partial charge in [0.1, 0.15) is 0 Å². The highest BCUT2D eigenvalue weighted by molar-refractivity contribution is 5.59. The summed E-state index contributed by atoms with van der Waals surface area (Å²) in [4.78, 5) is 11.2. The first-order valence-corrected chi connectivity index (χ1v) is 11.0. The molecule has 1 aromatic heterocycles. The van der Waals surface area contributed by atoms with Gasteiger partial charge in [-0.2, -0.15) is 4.98 Å². The first kappa shape index (κ1) is 20.0. The molecule has 1 aliphatic heterocycles. The largest absolute Gasteiger partial charge is 0.477 e. The molecule has 6 nitrogen and oxygen atoms in total. The molecule has 156 valence electrons. The zero-order valence-electron chi connectivity index (χ0n) is 17.3. The Kier molecular flexibility index (Phi) is 6.83. The number of nitrogens with one attached hydrogen (secondary N) is 1. The molecule has 0 bridgehead atoms. The van der Waals surface area contributed by atoms with Gasteiger partial charge in [-0.15, -0.1) is 0 Å². The summed E-state index contributed by atoms with van der Waals surface area (Å²) >= 11 is 0. The lowest BCUT2D eigenvalue weighted by molar-refractivity contribution is 0.122. The average Bonchev–Trinajstić information content (AvgIpc) is 2.79. The summed E-state index contributed by atoms with van der Waals surface area (Å²) in [5.74, 6) is 2.77. The van der Waals surface area contributed by atoms with E-state index >= 15 is 0 Å². The molecule has 2 heterocycles. The molecule has 1 aliphatic carbocycles. The molecule has 6 heteroatoms. The zero-order chi connectivity index (χ0) is 19.9. The molecule has 0 atom stereocenters. The van der Waals surface area contributed by atoms with Gasteiger partial charge in [0.25, 0.3) is 0 Å². The van der Waals surface area contributed by atoms with Crippen molar-refractivity contribution in [1.82, 2.24) is 9.97 Å². The molecular weight excluding hydrogens is 364 g/mol. The van der Waals surface area contributed by atoms with Crippen LogP contribution in [-0.2, 0) is 4.74 Å². The van der Waals surface area contributed by atoms with Crippen molar-refractivity contribution in [2.24, 2.45) is 11.8 Å². The molecule has 0 radical (unpaired) electrons. The van der Waals surface area contributed by atoms with Crippen LogP contribution in [0.15, 0.2) is 36.5 Å². The van der Waals surface area contributed by atoms with Crippen LogP contribution >= 0.6 is 0 Å². The minimum Gasteiger partial charge on any atom is -0.477 e. The number of aromatic nitrogens is 2. The van der Waals surface area contributed by atoms with Gasteiger partial charge in [0, 0.05) is 36.7 Å². The number of rotatable bonds is 7. The van der Waals surface area contributed by atoms with Gasteiger partial charge in [-0.25, -0.2) is 4.98 Å². The smallest absolute Gasteiger partial charge is 0.230 e. The standard InChI is InChI=1S/C23H32N4O2/c1-2-18-3-5-19(6-4-18)17-29-22-11-12-24-23(26-22)25-20-7-9-21(10-8-20)27-13-15-28-16-14-27/h7-12,18-19H,2-6,13-17H2,1H3,(H,24,25,26)/t18-,19-. The highest BCUT2D eigenvalue weighted by Crippen LogP contribution is 2.31. The van der Waals surface area contributed by atoms with Crippen LogP contribution in [0.25, 0.3) is 0 Å². The van der Waals surface area contributed by atoms with E-state index in [4.69, 9.17) is 9.47 Å². The average molecular weight is 397 g/mol. The van der Waals surface area contributed by atoms with Crippen molar-refractivity contribution in [1.29, 1.82) is 0 Å². The van der Waals surface area contributed by atoms with Crippen LogP contribution < -0.4 is 15.0 Å². The lowest BCUT2D eigenvalue weighted by atomic mass is 9.81. The molecular formula is C23H32N4O2. The van der Waals surface area contributed by atoms with Crippen LogP contribution in [0.3, 0.4) is 0 Å². The Morgan fingerprint density at radius 3 is 2.48 bits per heavy atom. The van der Waals surface area contributed by atoms with Crippen molar-refractivity contribution < 1.29 is 9.47 Å². The predicted octanol–water partition coefficient (Wildman–Crippen LogP) is 4.65. The Balaban J connectivity index is 1.29. The highest BCUT2D eigenvalue weighted by atomic mass is 16.5. The number of hydrogen-bond donors (Lipinski definition) is 1. The van der Waals surface area contributed by atoms with Crippen LogP contribution in [0, 0.1) is 11.8 Å². The molecule has 2 aliphatic rings. The van der Waals surface area contributed by atoms with E-state index in [1.165, 1.54) is 37.8 Å². The molecule has 4 rings (SSSR count). The van der Waals surface area contributed by atoms with E-state index in [2.05, 4.69) is 51.4 Å². The zero-order valence-corrected chi connectivity index (χ0v) is 17.3. The quantitative estimate of drug-likeness (QED) is 0.735. The van der Waals surface area contributed by atoms with Gasteiger partial charge < -0.3 is 19.7 Å². The van der Waals surface area contributed by atoms with Crippen molar-refractivity contribution >= 4 is 17.3 Å². The Bertz CT molecular complexity index is 754. The number of hydrogen-bond acceptors (Lipinski definition) is 6. The Morgan fingerprint density at radius 2 is 1.76 bits per heavy atom. The molecule has 1 N–H and O–H groups in total. The van der Waals surface area contributed by atoms with Gasteiger partial charge >= 0.3 is 0 Å². The third kappa shape index (κ3) is 5.60. The number of anilines is 3. The Labute approximate surface area is 173 Å². The Hall–Kier alpha value is -2.34. The maximum Gasteiger partial charge on any atom is 0.230 e. The second-order valence-corrected chi connectivity index (χ2v) is 8.10. The molecule has 1 saturated heterocycles. The Morgan fingerprint density at radius 1 is 1.03 bits per heavy atom. The maximum atomic E-state index is 5.98. The molecule has 0 spiro atoms. The van der Waals surface area contributed by atoms with E-state index in [-0.39, 0.29) is 0 Å². The van der Waals surface area contributed by atoms with Gasteiger partial charge in [0.2, 0.25) is 11.8 Å². The van der Waals surface area contributed by atoms with Gasteiger partial charge in [-0.1, -0.05) is 26.2 Å². The van der Waals surface area contributed by atoms with E-state index in [9.17, 15) is 0 Å². The lowest BCUT2D eigenvalue weighted by Crippen LogP contribution is -2.36. The van der Waals surface area contributed by atoms with E-state index in [1.807, 2.05) is 6.07 Å². The topological polar surface area (TPSA) is 59.5 Å². The van der Waals surface area contributed by atoms with Crippen molar-refractivity contribution in [3.05, 3.63) is 36.5 Å².